The maximum absolute atomic E-state index is 14.1. The number of aryl methyl sites for hydroxylation is 1. The molecular formula is C33H28FN7O5S. The maximum Gasteiger partial charge on any atom is 0.377 e. The maximum atomic E-state index is 14.1. The Labute approximate surface area is 271 Å². The lowest BCUT2D eigenvalue weighted by molar-refractivity contribution is -0.302. The summed E-state index contributed by atoms with van der Waals surface area (Å²) in [6.45, 7) is 2.18. The molecule has 0 saturated carbocycles. The minimum Gasteiger partial charge on any atom is -0.463 e. The predicted molar refractivity (Wildman–Crippen MR) is 167 cm³/mol. The molecule has 2 unspecified atom stereocenters. The zero-order valence-corrected chi connectivity index (χ0v) is 26.1. The van der Waals surface area contributed by atoms with E-state index < -0.39 is 36.6 Å². The Balaban J connectivity index is 1.19. The van der Waals surface area contributed by atoms with Gasteiger partial charge in [0.15, 0.2) is 12.1 Å². The van der Waals surface area contributed by atoms with Crippen molar-refractivity contribution in [2.24, 2.45) is 0 Å². The Bertz CT molecular complexity index is 2080. The number of thiazole rings is 1. The van der Waals surface area contributed by atoms with Crippen LogP contribution in [0.1, 0.15) is 51.9 Å². The van der Waals surface area contributed by atoms with E-state index in [-0.39, 0.29) is 18.2 Å². The summed E-state index contributed by atoms with van der Waals surface area (Å²) < 4.78 is 42.7. The van der Waals surface area contributed by atoms with Crippen LogP contribution in [-0.2, 0) is 18.9 Å². The number of rotatable bonds is 6. The van der Waals surface area contributed by atoms with Crippen molar-refractivity contribution < 1.29 is 28.1 Å². The van der Waals surface area contributed by atoms with E-state index in [0.717, 1.165) is 20.8 Å². The lowest BCUT2D eigenvalue weighted by Crippen LogP contribution is -2.51. The van der Waals surface area contributed by atoms with Crippen molar-refractivity contribution in [1.82, 2.24) is 34.7 Å². The van der Waals surface area contributed by atoms with E-state index in [9.17, 15) is 9.18 Å². The highest BCUT2D eigenvalue weighted by molar-refractivity contribution is 7.18. The zero-order valence-electron chi connectivity index (χ0n) is 25.3. The number of nitrogens with zero attached hydrogens (tertiary/aromatic N) is 7. The van der Waals surface area contributed by atoms with Gasteiger partial charge in [-0.25, -0.2) is 28.5 Å². The summed E-state index contributed by atoms with van der Waals surface area (Å²) in [6.07, 6.45) is -0.168. The lowest BCUT2D eigenvalue weighted by atomic mass is 9.93. The molecule has 0 bridgehead atoms. The standard InChI is InChI=1S/C33H28FN7O5S/c1-18-35-23-12-11-22(14-28(23)47-18)41-31(36-30(38-41)32(42)43-2)26-15-25(40-16-24(37-39-40)20-9-6-10-21(34)13-20)29-27(45-26)17-44-33(46-29)19-7-4-3-5-8-19/h3-14,16,25-27,29,33H,15,17H2,1-2H3/t25-,26?,27-,29-,33?/m1/s1. The average molecular weight is 654 g/mol. The van der Waals surface area contributed by atoms with Crippen LogP contribution < -0.4 is 0 Å². The van der Waals surface area contributed by atoms with Gasteiger partial charge in [-0.1, -0.05) is 47.7 Å². The van der Waals surface area contributed by atoms with Gasteiger partial charge >= 0.3 is 5.97 Å². The van der Waals surface area contributed by atoms with Crippen molar-refractivity contribution in [1.29, 1.82) is 0 Å². The van der Waals surface area contributed by atoms with Crippen LogP contribution in [-0.4, -0.2) is 66.6 Å². The summed E-state index contributed by atoms with van der Waals surface area (Å²) in [4.78, 5) is 21.8. The number of halogens is 1. The number of fused-ring (bicyclic) bond motifs is 2. The second-order valence-electron chi connectivity index (χ2n) is 11.3. The van der Waals surface area contributed by atoms with Gasteiger partial charge in [0.25, 0.3) is 5.82 Å². The molecule has 0 spiro atoms. The number of carbonyl (C=O) groups excluding carboxylic acids is 1. The van der Waals surface area contributed by atoms with Crippen molar-refractivity contribution >= 4 is 27.5 Å². The van der Waals surface area contributed by atoms with E-state index in [0.29, 0.717) is 29.2 Å². The summed E-state index contributed by atoms with van der Waals surface area (Å²) in [6, 6.07) is 21.2. The van der Waals surface area contributed by atoms with Crippen molar-refractivity contribution in [2.45, 2.75) is 44.0 Å². The highest BCUT2D eigenvalue weighted by atomic mass is 32.1. The predicted octanol–water partition coefficient (Wildman–Crippen LogP) is 5.56. The Hall–Kier alpha value is -4.89. The van der Waals surface area contributed by atoms with Gasteiger partial charge in [0, 0.05) is 17.5 Å². The first-order chi connectivity index (χ1) is 22.9. The van der Waals surface area contributed by atoms with Crippen LogP contribution >= 0.6 is 11.3 Å². The fourth-order valence-corrected chi connectivity index (χ4v) is 6.97. The minimum absolute atomic E-state index is 0.0974. The number of hydrogen-bond acceptors (Lipinski definition) is 11. The van der Waals surface area contributed by atoms with E-state index in [4.69, 9.17) is 18.9 Å². The fourth-order valence-electron chi connectivity index (χ4n) is 6.11. The monoisotopic (exact) mass is 653 g/mol. The summed E-state index contributed by atoms with van der Waals surface area (Å²) >= 11 is 1.56. The second-order valence-corrected chi connectivity index (χ2v) is 12.6. The fraction of sp³-hybridized carbons (Fsp3) is 0.273. The first-order valence-electron chi connectivity index (χ1n) is 15.0. The Morgan fingerprint density at radius 1 is 1.04 bits per heavy atom. The van der Waals surface area contributed by atoms with Crippen molar-refractivity contribution in [2.75, 3.05) is 13.7 Å². The van der Waals surface area contributed by atoms with E-state index >= 15 is 0 Å². The number of carbonyl (C=O) groups is 1. The van der Waals surface area contributed by atoms with Gasteiger partial charge in [-0.15, -0.1) is 21.5 Å². The van der Waals surface area contributed by atoms with Gasteiger partial charge < -0.3 is 18.9 Å². The van der Waals surface area contributed by atoms with Crippen LogP contribution in [0.3, 0.4) is 0 Å². The smallest absolute Gasteiger partial charge is 0.377 e. The molecule has 47 heavy (non-hydrogen) atoms. The number of methoxy groups -OCH3 is 1. The van der Waals surface area contributed by atoms with Gasteiger partial charge in [0.1, 0.15) is 29.8 Å². The first-order valence-corrected chi connectivity index (χ1v) is 15.8. The van der Waals surface area contributed by atoms with Crippen LogP contribution in [0.2, 0.25) is 0 Å². The molecule has 6 aromatic rings. The van der Waals surface area contributed by atoms with Gasteiger partial charge in [-0.3, -0.25) is 0 Å². The number of aromatic nitrogens is 7. The second kappa shape index (κ2) is 12.0. The molecule has 2 saturated heterocycles. The highest BCUT2D eigenvalue weighted by Gasteiger charge is 2.47. The molecule has 0 N–H and O–H groups in total. The molecule has 2 aliphatic heterocycles. The molecule has 12 nitrogen and oxygen atoms in total. The van der Waals surface area contributed by atoms with E-state index in [1.165, 1.54) is 19.2 Å². The minimum atomic E-state index is -0.670. The summed E-state index contributed by atoms with van der Waals surface area (Å²) in [7, 11) is 1.29. The van der Waals surface area contributed by atoms with Gasteiger partial charge in [-0.05, 0) is 37.3 Å². The van der Waals surface area contributed by atoms with Crippen LogP contribution in [0.4, 0.5) is 4.39 Å². The van der Waals surface area contributed by atoms with Crippen molar-refractivity contribution in [3.8, 4) is 16.9 Å². The van der Waals surface area contributed by atoms with Gasteiger partial charge in [-0.2, -0.15) is 0 Å². The Morgan fingerprint density at radius 2 is 1.91 bits per heavy atom. The van der Waals surface area contributed by atoms with Crippen molar-refractivity contribution in [3.63, 3.8) is 0 Å². The Morgan fingerprint density at radius 3 is 2.74 bits per heavy atom. The molecule has 2 fully saturated rings. The van der Waals surface area contributed by atoms with Crippen LogP contribution in [0, 0.1) is 12.7 Å². The van der Waals surface area contributed by atoms with E-state index in [1.54, 1.807) is 39.0 Å². The SMILES string of the molecule is COC(=O)c1nc(C2C[C@@H](n3cc(-c4cccc(F)c4)nn3)[C@H]3OC(c4ccccc4)OC[C@H]3O2)n(-c2ccc3nc(C)sc3c2)n1. The Kier molecular flexibility index (Phi) is 7.56. The molecule has 5 atom stereocenters. The molecule has 0 amide bonds. The molecule has 3 aromatic heterocycles. The molecule has 14 heteroatoms. The summed E-state index contributed by atoms with van der Waals surface area (Å²) in [5.74, 6) is -0.727. The summed E-state index contributed by atoms with van der Waals surface area (Å²) in [5.41, 5.74) is 3.55. The molecule has 5 heterocycles. The molecule has 0 radical (unpaired) electrons. The molecule has 0 aliphatic carbocycles. The lowest BCUT2D eigenvalue weighted by Gasteiger charge is -2.45. The van der Waals surface area contributed by atoms with Crippen LogP contribution in [0.15, 0.2) is 79.0 Å². The van der Waals surface area contributed by atoms with Gasteiger partial charge in [0.2, 0.25) is 0 Å². The first kappa shape index (κ1) is 29.5. The average Bonchev–Trinajstić information content (AvgIpc) is 3.85. The zero-order chi connectivity index (χ0) is 32.1. The third kappa shape index (κ3) is 5.58. The number of hydrogen-bond donors (Lipinski definition) is 0. The number of benzene rings is 3. The number of ether oxygens (including phenoxy) is 4. The van der Waals surface area contributed by atoms with Crippen molar-refractivity contribution in [3.05, 3.63) is 107 Å². The third-order valence-electron chi connectivity index (χ3n) is 8.29. The molecule has 8 rings (SSSR count). The quantitative estimate of drug-likeness (QED) is 0.211. The molecule has 2 aliphatic rings. The largest absolute Gasteiger partial charge is 0.463 e. The molecule has 238 valence electrons. The topological polar surface area (TPSA) is 128 Å². The van der Waals surface area contributed by atoms with Crippen LogP contribution in [0.5, 0.6) is 0 Å². The summed E-state index contributed by atoms with van der Waals surface area (Å²) in [5, 5.41) is 14.3. The molecule has 3 aromatic carbocycles. The van der Waals surface area contributed by atoms with E-state index in [2.05, 4.69) is 25.4 Å². The van der Waals surface area contributed by atoms with Crippen LogP contribution in [0.25, 0.3) is 27.2 Å². The highest BCUT2D eigenvalue weighted by Crippen LogP contribution is 2.44. The normalized spacial score (nSPS) is 22.7. The van der Waals surface area contributed by atoms with Gasteiger partial charge in [0.05, 0.1) is 46.9 Å². The third-order valence-corrected chi connectivity index (χ3v) is 9.22. The number of esters is 1. The molecular weight excluding hydrogens is 625 g/mol. The van der Waals surface area contributed by atoms with E-state index in [1.807, 2.05) is 55.5 Å².